The maximum absolute atomic E-state index is 4.42. The zero-order chi connectivity index (χ0) is 13.0. The summed E-state index contributed by atoms with van der Waals surface area (Å²) in [5, 5.41) is 3.43. The molecule has 1 heterocycles. The van der Waals surface area contributed by atoms with Gasteiger partial charge in [0, 0.05) is 24.0 Å². The van der Waals surface area contributed by atoms with Gasteiger partial charge in [-0.15, -0.1) is 0 Å². The third-order valence-corrected chi connectivity index (χ3v) is 2.66. The molecule has 0 bridgehead atoms. The summed E-state index contributed by atoms with van der Waals surface area (Å²) in [4.78, 5) is 11.0. The molecule has 0 saturated carbocycles. The number of nitrogens with one attached hydrogen (secondary N) is 1. The van der Waals surface area contributed by atoms with Gasteiger partial charge in [-0.1, -0.05) is 13.8 Å². The molecular weight excluding hydrogens is 212 g/mol. The number of aryl methyl sites for hydroxylation is 2. The summed E-state index contributed by atoms with van der Waals surface area (Å²) in [5.74, 6) is 1.28. The van der Waals surface area contributed by atoms with Crippen molar-refractivity contribution >= 4 is 5.95 Å². The van der Waals surface area contributed by atoms with E-state index in [1.54, 1.807) is 0 Å². The summed E-state index contributed by atoms with van der Waals surface area (Å²) < 4.78 is 0. The quantitative estimate of drug-likeness (QED) is 0.850. The Hall–Kier alpha value is -1.16. The van der Waals surface area contributed by atoms with Gasteiger partial charge >= 0.3 is 0 Å². The Morgan fingerprint density at radius 2 is 1.71 bits per heavy atom. The van der Waals surface area contributed by atoms with Crippen molar-refractivity contribution in [2.75, 3.05) is 26.0 Å². The fourth-order valence-corrected chi connectivity index (χ4v) is 1.77. The highest BCUT2D eigenvalue weighted by Crippen LogP contribution is 2.10. The number of aromatic nitrogens is 2. The first-order valence-corrected chi connectivity index (χ1v) is 6.12. The normalized spacial score (nSPS) is 13.2. The topological polar surface area (TPSA) is 41.1 Å². The molecule has 96 valence electrons. The third-order valence-electron chi connectivity index (χ3n) is 2.66. The van der Waals surface area contributed by atoms with Gasteiger partial charge in [-0.05, 0) is 39.9 Å². The maximum atomic E-state index is 4.42. The standard InChI is InChI=1S/C13H24N4/c1-9(2)12(8-17(5)6)16-13-14-10(3)7-11(4)15-13/h7,9,12H,8H2,1-6H3,(H,14,15,16). The number of anilines is 1. The van der Waals surface area contributed by atoms with Crippen LogP contribution in [0.1, 0.15) is 25.2 Å². The Bertz CT molecular complexity index is 340. The van der Waals surface area contributed by atoms with Crippen molar-refractivity contribution in [1.29, 1.82) is 0 Å². The molecule has 1 unspecified atom stereocenters. The lowest BCUT2D eigenvalue weighted by atomic mass is 10.0. The number of likely N-dealkylation sites (N-methyl/N-ethyl adjacent to an activating group) is 1. The molecule has 17 heavy (non-hydrogen) atoms. The Labute approximate surface area is 104 Å². The molecule has 1 rings (SSSR count). The molecule has 4 nitrogen and oxygen atoms in total. The van der Waals surface area contributed by atoms with Crippen LogP contribution in [-0.4, -0.2) is 41.5 Å². The minimum absolute atomic E-state index is 0.367. The summed E-state index contributed by atoms with van der Waals surface area (Å²) in [6, 6.07) is 2.35. The maximum Gasteiger partial charge on any atom is 0.223 e. The molecule has 0 aliphatic rings. The predicted octanol–water partition coefficient (Wildman–Crippen LogP) is 2.09. The van der Waals surface area contributed by atoms with E-state index in [0.717, 1.165) is 23.9 Å². The van der Waals surface area contributed by atoms with Gasteiger partial charge in [0.1, 0.15) is 0 Å². The van der Waals surface area contributed by atoms with E-state index >= 15 is 0 Å². The molecular formula is C13H24N4. The summed E-state index contributed by atoms with van der Waals surface area (Å²) in [6.45, 7) is 9.40. The molecule has 0 amide bonds. The zero-order valence-corrected chi connectivity index (χ0v) is 11.8. The van der Waals surface area contributed by atoms with Gasteiger partial charge in [0.15, 0.2) is 0 Å². The number of nitrogens with zero attached hydrogens (tertiary/aromatic N) is 3. The first-order valence-electron chi connectivity index (χ1n) is 6.12. The summed E-state index contributed by atoms with van der Waals surface area (Å²) >= 11 is 0. The van der Waals surface area contributed by atoms with Crippen LogP contribution >= 0.6 is 0 Å². The fourth-order valence-electron chi connectivity index (χ4n) is 1.77. The molecule has 1 aromatic heterocycles. The summed E-state index contributed by atoms with van der Waals surface area (Å²) in [6.07, 6.45) is 0. The molecule has 0 radical (unpaired) electrons. The average molecular weight is 236 g/mol. The Morgan fingerprint density at radius 3 is 2.12 bits per heavy atom. The van der Waals surface area contributed by atoms with Gasteiger partial charge in [0.25, 0.3) is 0 Å². The van der Waals surface area contributed by atoms with E-state index in [1.165, 1.54) is 0 Å². The van der Waals surface area contributed by atoms with Crippen LogP contribution in [0.5, 0.6) is 0 Å². The second-order valence-electron chi connectivity index (χ2n) is 5.23. The van der Waals surface area contributed by atoms with Gasteiger partial charge in [0.05, 0.1) is 0 Å². The molecule has 1 aromatic rings. The molecule has 0 aromatic carbocycles. The Balaban J connectivity index is 2.78. The minimum atomic E-state index is 0.367. The summed E-state index contributed by atoms with van der Waals surface area (Å²) in [7, 11) is 4.17. The van der Waals surface area contributed by atoms with Crippen molar-refractivity contribution in [1.82, 2.24) is 14.9 Å². The molecule has 4 heteroatoms. The predicted molar refractivity (Wildman–Crippen MR) is 72.3 cm³/mol. The first-order chi connectivity index (χ1) is 7.88. The minimum Gasteiger partial charge on any atom is -0.350 e. The van der Waals surface area contributed by atoms with Gasteiger partial charge in [0.2, 0.25) is 5.95 Å². The third kappa shape index (κ3) is 4.69. The molecule has 0 saturated heterocycles. The van der Waals surface area contributed by atoms with Crippen molar-refractivity contribution in [2.45, 2.75) is 33.7 Å². The molecule has 1 N–H and O–H groups in total. The Kier molecular flexibility index (Phi) is 4.87. The van der Waals surface area contributed by atoms with Crippen molar-refractivity contribution in [3.63, 3.8) is 0 Å². The molecule has 0 spiro atoms. The van der Waals surface area contributed by atoms with E-state index in [-0.39, 0.29) is 0 Å². The highest BCUT2D eigenvalue weighted by atomic mass is 15.2. The van der Waals surface area contributed by atoms with E-state index in [2.05, 4.69) is 48.1 Å². The van der Waals surface area contributed by atoms with Crippen LogP contribution in [0.25, 0.3) is 0 Å². The van der Waals surface area contributed by atoms with E-state index in [1.807, 2.05) is 19.9 Å². The first kappa shape index (κ1) is 13.9. The highest BCUT2D eigenvalue weighted by Gasteiger charge is 2.15. The zero-order valence-electron chi connectivity index (χ0n) is 11.8. The van der Waals surface area contributed by atoms with Crippen LogP contribution in [0.15, 0.2) is 6.07 Å². The molecule has 0 aliphatic carbocycles. The van der Waals surface area contributed by atoms with E-state index in [0.29, 0.717) is 12.0 Å². The van der Waals surface area contributed by atoms with Gasteiger partial charge in [-0.2, -0.15) is 0 Å². The van der Waals surface area contributed by atoms with Crippen molar-refractivity contribution < 1.29 is 0 Å². The lowest BCUT2D eigenvalue weighted by Gasteiger charge is -2.25. The van der Waals surface area contributed by atoms with E-state index in [9.17, 15) is 0 Å². The van der Waals surface area contributed by atoms with Gasteiger partial charge < -0.3 is 10.2 Å². The van der Waals surface area contributed by atoms with Crippen LogP contribution < -0.4 is 5.32 Å². The van der Waals surface area contributed by atoms with Crippen molar-refractivity contribution in [3.05, 3.63) is 17.5 Å². The van der Waals surface area contributed by atoms with Crippen molar-refractivity contribution in [3.8, 4) is 0 Å². The van der Waals surface area contributed by atoms with Crippen LogP contribution in [0.4, 0.5) is 5.95 Å². The number of rotatable bonds is 5. The van der Waals surface area contributed by atoms with Crippen LogP contribution in [0, 0.1) is 19.8 Å². The summed E-state index contributed by atoms with van der Waals surface area (Å²) in [5.41, 5.74) is 2.01. The van der Waals surface area contributed by atoms with E-state index in [4.69, 9.17) is 0 Å². The molecule has 0 fully saturated rings. The highest BCUT2D eigenvalue weighted by molar-refractivity contribution is 5.29. The molecule has 0 aliphatic heterocycles. The lowest BCUT2D eigenvalue weighted by molar-refractivity contribution is 0.343. The van der Waals surface area contributed by atoms with Gasteiger partial charge in [-0.3, -0.25) is 0 Å². The monoisotopic (exact) mass is 236 g/mol. The van der Waals surface area contributed by atoms with Crippen molar-refractivity contribution in [2.24, 2.45) is 5.92 Å². The smallest absolute Gasteiger partial charge is 0.223 e. The van der Waals surface area contributed by atoms with E-state index < -0.39 is 0 Å². The molecule has 1 atom stereocenters. The Morgan fingerprint density at radius 1 is 1.18 bits per heavy atom. The second-order valence-corrected chi connectivity index (χ2v) is 5.23. The van der Waals surface area contributed by atoms with Crippen LogP contribution in [0.2, 0.25) is 0 Å². The lowest BCUT2D eigenvalue weighted by Crippen LogP contribution is -2.37. The van der Waals surface area contributed by atoms with Gasteiger partial charge in [-0.25, -0.2) is 9.97 Å². The second kappa shape index (κ2) is 5.96. The largest absolute Gasteiger partial charge is 0.350 e. The van der Waals surface area contributed by atoms with Crippen LogP contribution in [0.3, 0.4) is 0 Å². The number of hydrogen-bond donors (Lipinski definition) is 1. The SMILES string of the molecule is Cc1cc(C)nc(NC(CN(C)C)C(C)C)n1. The fraction of sp³-hybridized carbons (Fsp3) is 0.692. The average Bonchev–Trinajstić information content (AvgIpc) is 2.13. The van der Waals surface area contributed by atoms with Crippen LogP contribution in [-0.2, 0) is 0 Å². The number of hydrogen-bond acceptors (Lipinski definition) is 4.